The number of carbonyl (C=O) groups is 1. The molecule has 3 rings (SSSR count). The maximum Gasteiger partial charge on any atom is 0.273 e. The molecule has 3 aromatic rings. The Morgan fingerprint density at radius 1 is 1.07 bits per heavy atom. The Bertz CT molecular complexity index is 898. The van der Waals surface area contributed by atoms with Crippen LogP contribution in [-0.4, -0.2) is 26.8 Å². The Balaban J connectivity index is 1.79. The standard InChI is InChI=1S/C21H21FN4O/c1-15(2)26(14-16-6-4-3-5-7-16)20(27)19-12-13-23-21(25-19)24-18-10-8-17(22)9-11-18/h3-13,15H,14H2,1-2H3,(H,23,24,25). The topological polar surface area (TPSA) is 58.1 Å². The Morgan fingerprint density at radius 2 is 1.78 bits per heavy atom. The number of hydrogen-bond acceptors (Lipinski definition) is 4. The second-order valence-electron chi connectivity index (χ2n) is 6.41. The molecule has 0 saturated carbocycles. The van der Waals surface area contributed by atoms with Gasteiger partial charge in [0.2, 0.25) is 5.95 Å². The normalized spacial score (nSPS) is 10.7. The Hall–Kier alpha value is -3.28. The van der Waals surface area contributed by atoms with E-state index in [4.69, 9.17) is 0 Å². The van der Waals surface area contributed by atoms with Crippen molar-refractivity contribution in [3.05, 3.63) is 83.9 Å². The predicted octanol–water partition coefficient (Wildman–Crippen LogP) is 4.41. The second-order valence-corrected chi connectivity index (χ2v) is 6.41. The van der Waals surface area contributed by atoms with E-state index in [1.54, 1.807) is 23.1 Å². The highest BCUT2D eigenvalue weighted by molar-refractivity contribution is 5.92. The first-order valence-corrected chi connectivity index (χ1v) is 8.73. The van der Waals surface area contributed by atoms with Gasteiger partial charge in [-0.05, 0) is 49.7 Å². The third-order valence-electron chi connectivity index (χ3n) is 4.06. The van der Waals surface area contributed by atoms with Gasteiger partial charge in [-0.3, -0.25) is 4.79 Å². The zero-order valence-electron chi connectivity index (χ0n) is 15.3. The summed E-state index contributed by atoms with van der Waals surface area (Å²) in [5.41, 5.74) is 2.00. The molecule has 6 heteroatoms. The molecule has 0 bridgehead atoms. The highest BCUT2D eigenvalue weighted by Gasteiger charge is 2.20. The molecule has 1 N–H and O–H groups in total. The van der Waals surface area contributed by atoms with Gasteiger partial charge in [-0.25, -0.2) is 14.4 Å². The third-order valence-corrected chi connectivity index (χ3v) is 4.06. The molecule has 0 atom stereocenters. The Labute approximate surface area is 157 Å². The number of nitrogens with one attached hydrogen (secondary N) is 1. The van der Waals surface area contributed by atoms with Gasteiger partial charge in [0.15, 0.2) is 0 Å². The summed E-state index contributed by atoms with van der Waals surface area (Å²) in [6.07, 6.45) is 1.53. The van der Waals surface area contributed by atoms with Gasteiger partial charge in [0.25, 0.3) is 5.91 Å². The van der Waals surface area contributed by atoms with E-state index < -0.39 is 0 Å². The number of amides is 1. The highest BCUT2D eigenvalue weighted by atomic mass is 19.1. The number of carbonyl (C=O) groups excluding carboxylic acids is 1. The average Bonchev–Trinajstić information content (AvgIpc) is 2.68. The number of hydrogen-bond donors (Lipinski definition) is 1. The first-order chi connectivity index (χ1) is 13.0. The monoisotopic (exact) mass is 364 g/mol. The van der Waals surface area contributed by atoms with Crippen molar-refractivity contribution in [2.45, 2.75) is 26.4 Å². The van der Waals surface area contributed by atoms with E-state index in [2.05, 4.69) is 15.3 Å². The van der Waals surface area contributed by atoms with Crippen LogP contribution in [0.25, 0.3) is 0 Å². The van der Waals surface area contributed by atoms with Gasteiger partial charge < -0.3 is 10.2 Å². The largest absolute Gasteiger partial charge is 0.331 e. The van der Waals surface area contributed by atoms with Crippen molar-refractivity contribution < 1.29 is 9.18 Å². The van der Waals surface area contributed by atoms with E-state index >= 15 is 0 Å². The molecule has 0 radical (unpaired) electrons. The van der Waals surface area contributed by atoms with Crippen LogP contribution < -0.4 is 5.32 Å². The molecule has 0 spiro atoms. The molecule has 5 nitrogen and oxygen atoms in total. The van der Waals surface area contributed by atoms with E-state index in [1.165, 1.54) is 18.3 Å². The number of aromatic nitrogens is 2. The molecule has 0 saturated heterocycles. The molecule has 0 aliphatic heterocycles. The lowest BCUT2D eigenvalue weighted by Gasteiger charge is -2.26. The molecule has 0 aliphatic carbocycles. The van der Waals surface area contributed by atoms with Crippen LogP contribution in [0.2, 0.25) is 0 Å². The van der Waals surface area contributed by atoms with Gasteiger partial charge in [0.05, 0.1) is 0 Å². The summed E-state index contributed by atoms with van der Waals surface area (Å²) in [6, 6.07) is 17.3. The molecule has 2 aromatic carbocycles. The fraction of sp³-hybridized carbons (Fsp3) is 0.190. The van der Waals surface area contributed by atoms with Crippen LogP contribution in [-0.2, 0) is 6.54 Å². The van der Waals surface area contributed by atoms with Crippen LogP contribution in [0.1, 0.15) is 29.9 Å². The van der Waals surface area contributed by atoms with Crippen molar-refractivity contribution in [3.63, 3.8) is 0 Å². The molecular weight excluding hydrogens is 343 g/mol. The summed E-state index contributed by atoms with van der Waals surface area (Å²) < 4.78 is 13.0. The molecule has 0 unspecified atom stereocenters. The zero-order valence-corrected chi connectivity index (χ0v) is 15.3. The fourth-order valence-electron chi connectivity index (χ4n) is 2.62. The minimum atomic E-state index is -0.320. The maximum atomic E-state index is 13.0. The lowest BCUT2D eigenvalue weighted by molar-refractivity contribution is 0.0684. The molecule has 1 aromatic heterocycles. The number of halogens is 1. The van der Waals surface area contributed by atoms with Crippen molar-refractivity contribution in [1.29, 1.82) is 0 Å². The Morgan fingerprint density at radius 3 is 2.44 bits per heavy atom. The van der Waals surface area contributed by atoms with Crippen LogP contribution in [0.3, 0.4) is 0 Å². The highest BCUT2D eigenvalue weighted by Crippen LogP contribution is 2.16. The van der Waals surface area contributed by atoms with Gasteiger partial charge >= 0.3 is 0 Å². The number of benzene rings is 2. The minimum absolute atomic E-state index is 0.0150. The molecular formula is C21H21FN4O. The number of anilines is 2. The molecule has 0 aliphatic rings. The lowest BCUT2D eigenvalue weighted by atomic mass is 10.1. The number of rotatable bonds is 6. The van der Waals surface area contributed by atoms with E-state index in [1.807, 2.05) is 44.2 Å². The smallest absolute Gasteiger partial charge is 0.273 e. The van der Waals surface area contributed by atoms with Crippen LogP contribution in [0, 0.1) is 5.82 Å². The van der Waals surface area contributed by atoms with Gasteiger partial charge in [-0.1, -0.05) is 30.3 Å². The molecule has 27 heavy (non-hydrogen) atoms. The number of nitrogens with zero attached hydrogens (tertiary/aromatic N) is 3. The van der Waals surface area contributed by atoms with Crippen molar-refractivity contribution in [1.82, 2.24) is 14.9 Å². The maximum absolute atomic E-state index is 13.0. The minimum Gasteiger partial charge on any atom is -0.331 e. The lowest BCUT2D eigenvalue weighted by Crippen LogP contribution is -2.37. The van der Waals surface area contributed by atoms with E-state index in [9.17, 15) is 9.18 Å². The van der Waals surface area contributed by atoms with Gasteiger partial charge in [0, 0.05) is 24.5 Å². The average molecular weight is 364 g/mol. The van der Waals surface area contributed by atoms with E-state index in [0.29, 0.717) is 17.9 Å². The van der Waals surface area contributed by atoms with Gasteiger partial charge in [-0.15, -0.1) is 0 Å². The molecule has 0 fully saturated rings. The van der Waals surface area contributed by atoms with Crippen LogP contribution in [0.15, 0.2) is 66.9 Å². The summed E-state index contributed by atoms with van der Waals surface area (Å²) in [6.45, 7) is 4.45. The van der Waals surface area contributed by atoms with Crippen molar-refractivity contribution in [2.75, 3.05) is 5.32 Å². The zero-order chi connectivity index (χ0) is 19.2. The molecule has 1 heterocycles. The summed E-state index contributed by atoms with van der Waals surface area (Å²) in [4.78, 5) is 23.2. The van der Waals surface area contributed by atoms with Crippen molar-refractivity contribution in [2.24, 2.45) is 0 Å². The third kappa shape index (κ3) is 4.88. The molecule has 138 valence electrons. The van der Waals surface area contributed by atoms with Crippen molar-refractivity contribution in [3.8, 4) is 0 Å². The van der Waals surface area contributed by atoms with E-state index in [0.717, 1.165) is 5.56 Å². The summed E-state index contributed by atoms with van der Waals surface area (Å²) >= 11 is 0. The summed E-state index contributed by atoms with van der Waals surface area (Å²) in [5.74, 6) is -0.201. The molecule has 1 amide bonds. The Kier molecular flexibility index (Phi) is 5.76. The fourth-order valence-corrected chi connectivity index (χ4v) is 2.62. The van der Waals surface area contributed by atoms with Crippen LogP contribution in [0.4, 0.5) is 16.0 Å². The first kappa shape index (κ1) is 18.5. The van der Waals surface area contributed by atoms with Gasteiger partial charge in [-0.2, -0.15) is 0 Å². The quantitative estimate of drug-likeness (QED) is 0.704. The summed E-state index contributed by atoms with van der Waals surface area (Å²) in [5, 5.41) is 2.98. The van der Waals surface area contributed by atoms with Crippen LogP contribution in [0.5, 0.6) is 0 Å². The second kappa shape index (κ2) is 8.40. The van der Waals surface area contributed by atoms with Gasteiger partial charge in [0.1, 0.15) is 11.5 Å². The SMILES string of the molecule is CC(C)N(Cc1ccccc1)C(=O)c1ccnc(Nc2ccc(F)cc2)n1. The summed E-state index contributed by atoms with van der Waals surface area (Å²) in [7, 11) is 0. The van der Waals surface area contributed by atoms with Crippen LogP contribution >= 0.6 is 0 Å². The first-order valence-electron chi connectivity index (χ1n) is 8.73. The predicted molar refractivity (Wildman–Crippen MR) is 103 cm³/mol. The van der Waals surface area contributed by atoms with E-state index in [-0.39, 0.29) is 23.7 Å². The van der Waals surface area contributed by atoms with Crippen molar-refractivity contribution >= 4 is 17.5 Å².